The van der Waals surface area contributed by atoms with Crippen LogP contribution < -0.4 is 5.32 Å². The maximum Gasteiger partial charge on any atom is 0.193 e. The predicted octanol–water partition coefficient (Wildman–Crippen LogP) is 3.58. The van der Waals surface area contributed by atoms with Crippen LogP contribution in [-0.4, -0.2) is 54.9 Å². The summed E-state index contributed by atoms with van der Waals surface area (Å²) in [5.74, 6) is 2.03. The van der Waals surface area contributed by atoms with E-state index in [9.17, 15) is 0 Å². The highest BCUT2D eigenvalue weighted by atomic mass is 32.2. The van der Waals surface area contributed by atoms with E-state index in [1.165, 1.54) is 11.1 Å². The molecule has 0 spiro atoms. The van der Waals surface area contributed by atoms with E-state index >= 15 is 0 Å². The van der Waals surface area contributed by atoms with E-state index in [0.717, 1.165) is 48.7 Å². The van der Waals surface area contributed by atoms with Gasteiger partial charge >= 0.3 is 0 Å². The smallest absolute Gasteiger partial charge is 0.193 e. The molecule has 1 aliphatic rings. The van der Waals surface area contributed by atoms with Crippen molar-refractivity contribution in [3.63, 3.8) is 0 Å². The first-order valence-corrected chi connectivity index (χ1v) is 10.8. The number of hydrogen-bond acceptors (Lipinski definition) is 5. The topological polar surface area (TPSA) is 49.8 Å². The lowest BCUT2D eigenvalue weighted by molar-refractivity contribution is -0.00829. The largest absolute Gasteiger partial charge is 0.370 e. The molecule has 140 valence electrons. The Morgan fingerprint density at radius 1 is 1.46 bits per heavy atom. The van der Waals surface area contributed by atoms with Crippen LogP contribution in [0.5, 0.6) is 0 Å². The van der Waals surface area contributed by atoms with Gasteiger partial charge in [0.05, 0.1) is 13.2 Å². The number of aliphatic imine (C=N–C) groups is 1. The van der Waals surface area contributed by atoms with Crippen LogP contribution in [-0.2, 0) is 4.74 Å². The number of thiazole rings is 1. The van der Waals surface area contributed by atoms with Crippen molar-refractivity contribution in [1.29, 1.82) is 0 Å². The van der Waals surface area contributed by atoms with Crippen LogP contribution in [0.2, 0.25) is 0 Å². The fourth-order valence-electron chi connectivity index (χ4n) is 3.02. The molecule has 2 aromatic rings. The van der Waals surface area contributed by atoms with Crippen molar-refractivity contribution in [2.24, 2.45) is 4.99 Å². The molecule has 1 saturated heterocycles. The Balaban J connectivity index is 1.47. The third-order valence-electron chi connectivity index (χ3n) is 4.35. The highest BCUT2D eigenvalue weighted by Gasteiger charge is 2.24. The lowest BCUT2D eigenvalue weighted by Crippen LogP contribution is -2.48. The van der Waals surface area contributed by atoms with E-state index < -0.39 is 0 Å². The zero-order chi connectivity index (χ0) is 18.2. The Morgan fingerprint density at radius 2 is 2.35 bits per heavy atom. The van der Waals surface area contributed by atoms with Gasteiger partial charge in [0.1, 0.15) is 10.4 Å². The highest BCUT2D eigenvalue weighted by molar-refractivity contribution is 8.00. The number of thioether (sulfide) groups is 1. The number of nitrogens with zero attached hydrogens (tertiary/aromatic N) is 3. The summed E-state index contributed by atoms with van der Waals surface area (Å²) >= 11 is 3.51. The van der Waals surface area contributed by atoms with Gasteiger partial charge in [0.15, 0.2) is 5.96 Å². The molecule has 0 amide bonds. The monoisotopic (exact) mass is 390 g/mol. The standard InChI is InChI=1S/C19H26N4OS2/c1-15-6-3-4-7-16(15)17-14-23(10-11-24-17)18(20-2)21-8-5-12-25-19-22-9-13-26-19/h3-4,6-7,9,13,17H,5,8,10-12,14H2,1-2H3,(H,20,21). The summed E-state index contributed by atoms with van der Waals surface area (Å²) < 4.78 is 7.16. The molecule has 1 atom stereocenters. The van der Waals surface area contributed by atoms with E-state index in [1.807, 2.05) is 30.4 Å². The van der Waals surface area contributed by atoms with Crippen molar-refractivity contribution >= 4 is 29.1 Å². The molecular formula is C19H26N4OS2. The molecule has 0 saturated carbocycles. The fraction of sp³-hybridized carbons (Fsp3) is 0.474. The molecule has 5 nitrogen and oxygen atoms in total. The van der Waals surface area contributed by atoms with Gasteiger partial charge in [-0.25, -0.2) is 4.98 Å². The van der Waals surface area contributed by atoms with Crippen LogP contribution in [0.1, 0.15) is 23.7 Å². The van der Waals surface area contributed by atoms with Gasteiger partial charge in [0.2, 0.25) is 0 Å². The van der Waals surface area contributed by atoms with Gasteiger partial charge < -0.3 is 15.0 Å². The van der Waals surface area contributed by atoms with Crippen LogP contribution in [0, 0.1) is 6.92 Å². The van der Waals surface area contributed by atoms with Crippen LogP contribution in [0.4, 0.5) is 0 Å². The minimum atomic E-state index is 0.101. The van der Waals surface area contributed by atoms with Crippen LogP contribution in [0.25, 0.3) is 0 Å². The summed E-state index contributed by atoms with van der Waals surface area (Å²) in [6, 6.07) is 8.46. The van der Waals surface area contributed by atoms with Crippen molar-refractivity contribution in [3.8, 4) is 0 Å². The van der Waals surface area contributed by atoms with Gasteiger partial charge in [-0.15, -0.1) is 11.3 Å². The molecule has 1 aliphatic heterocycles. The zero-order valence-electron chi connectivity index (χ0n) is 15.4. The molecular weight excluding hydrogens is 364 g/mol. The van der Waals surface area contributed by atoms with Crippen molar-refractivity contribution in [1.82, 2.24) is 15.2 Å². The minimum Gasteiger partial charge on any atom is -0.370 e. The molecule has 0 bridgehead atoms. The molecule has 2 heterocycles. The van der Waals surface area contributed by atoms with Gasteiger partial charge in [-0.2, -0.15) is 0 Å². The predicted molar refractivity (Wildman–Crippen MR) is 110 cm³/mol. The van der Waals surface area contributed by atoms with Gasteiger partial charge in [-0.05, 0) is 24.5 Å². The number of hydrogen-bond donors (Lipinski definition) is 1. The normalized spacial score (nSPS) is 18.2. The van der Waals surface area contributed by atoms with Crippen molar-refractivity contribution in [2.45, 2.75) is 23.8 Å². The third kappa shape index (κ3) is 5.22. The number of rotatable bonds is 6. The van der Waals surface area contributed by atoms with E-state index in [0.29, 0.717) is 0 Å². The number of nitrogens with one attached hydrogen (secondary N) is 1. The minimum absolute atomic E-state index is 0.101. The second-order valence-electron chi connectivity index (χ2n) is 6.14. The van der Waals surface area contributed by atoms with E-state index in [2.05, 4.69) is 51.4 Å². The Hall–Kier alpha value is -1.57. The third-order valence-corrected chi connectivity index (χ3v) is 6.40. The molecule has 0 radical (unpaired) electrons. The number of aryl methyl sites for hydroxylation is 1. The second kappa shape index (κ2) is 9.94. The van der Waals surface area contributed by atoms with Crippen molar-refractivity contribution in [2.75, 3.05) is 39.0 Å². The van der Waals surface area contributed by atoms with Crippen LogP contribution in [0.15, 0.2) is 45.2 Å². The number of aromatic nitrogens is 1. The molecule has 1 N–H and O–H groups in total. The number of morpholine rings is 1. The average molecular weight is 391 g/mol. The molecule has 0 aliphatic carbocycles. The molecule has 1 aromatic heterocycles. The Bertz CT molecular complexity index is 705. The fourth-order valence-corrected chi connectivity index (χ4v) is 4.67. The first-order chi connectivity index (χ1) is 12.8. The maximum absolute atomic E-state index is 6.02. The highest BCUT2D eigenvalue weighted by Crippen LogP contribution is 2.25. The summed E-state index contributed by atoms with van der Waals surface area (Å²) in [5, 5.41) is 5.52. The molecule has 3 rings (SSSR count). The average Bonchev–Trinajstić information content (AvgIpc) is 3.19. The second-order valence-corrected chi connectivity index (χ2v) is 8.37. The van der Waals surface area contributed by atoms with E-state index in [1.54, 1.807) is 11.3 Å². The van der Waals surface area contributed by atoms with E-state index in [4.69, 9.17) is 4.74 Å². The summed E-state index contributed by atoms with van der Waals surface area (Å²) in [6.07, 6.45) is 3.04. The van der Waals surface area contributed by atoms with Crippen LogP contribution >= 0.6 is 23.1 Å². The SMILES string of the molecule is CN=C(NCCCSc1nccs1)N1CCOC(c2ccccc2C)C1. The van der Waals surface area contributed by atoms with Crippen molar-refractivity contribution in [3.05, 3.63) is 47.0 Å². The quantitative estimate of drug-likeness (QED) is 0.354. The summed E-state index contributed by atoms with van der Waals surface area (Å²) in [4.78, 5) is 11.1. The zero-order valence-corrected chi connectivity index (χ0v) is 17.0. The van der Waals surface area contributed by atoms with Gasteiger partial charge in [0, 0.05) is 37.5 Å². The summed E-state index contributed by atoms with van der Waals surface area (Å²) in [7, 11) is 1.85. The molecule has 26 heavy (non-hydrogen) atoms. The lowest BCUT2D eigenvalue weighted by atomic mass is 10.0. The summed E-state index contributed by atoms with van der Waals surface area (Å²) in [5.41, 5.74) is 2.55. The molecule has 7 heteroatoms. The first-order valence-electron chi connectivity index (χ1n) is 8.93. The number of guanidine groups is 1. The number of benzene rings is 1. The lowest BCUT2D eigenvalue weighted by Gasteiger charge is -2.35. The van der Waals surface area contributed by atoms with Gasteiger partial charge in [0.25, 0.3) is 0 Å². The van der Waals surface area contributed by atoms with Crippen molar-refractivity contribution < 1.29 is 4.74 Å². The molecule has 1 fully saturated rings. The Kier molecular flexibility index (Phi) is 7.34. The first kappa shape index (κ1) is 19.2. The maximum atomic E-state index is 6.02. The van der Waals surface area contributed by atoms with Crippen LogP contribution in [0.3, 0.4) is 0 Å². The molecule has 1 aromatic carbocycles. The Morgan fingerprint density at radius 3 is 3.12 bits per heavy atom. The number of ether oxygens (including phenoxy) is 1. The molecule has 1 unspecified atom stereocenters. The van der Waals surface area contributed by atoms with E-state index in [-0.39, 0.29) is 6.10 Å². The Labute approximate surface area is 163 Å². The van der Waals surface area contributed by atoms with Gasteiger partial charge in [-0.1, -0.05) is 36.0 Å². The van der Waals surface area contributed by atoms with Gasteiger partial charge in [-0.3, -0.25) is 4.99 Å². The summed E-state index contributed by atoms with van der Waals surface area (Å²) in [6.45, 7) is 5.48.